The standard InChI is InChI=1S/C10H12BrN3/c1-2-14-10-7(9(12)6-13-14)4-3-5-8(10)11/h3-6,13H,2,12H2,1H3. The third-order valence-electron chi connectivity index (χ3n) is 2.26. The molecule has 3 N–H and O–H groups in total. The summed E-state index contributed by atoms with van der Waals surface area (Å²) in [5.74, 6) is 0. The lowest BCUT2D eigenvalue weighted by molar-refractivity contribution is 0.751. The van der Waals surface area contributed by atoms with Crippen molar-refractivity contribution in [3.8, 4) is 0 Å². The molecule has 0 fully saturated rings. The maximum Gasteiger partial charge on any atom is 0.0807 e. The average Bonchev–Trinajstić information content (AvgIpc) is 2.20. The summed E-state index contributed by atoms with van der Waals surface area (Å²) in [5, 5.41) is 2.05. The molecule has 1 aliphatic rings. The zero-order valence-electron chi connectivity index (χ0n) is 7.92. The number of nitrogens with one attached hydrogen (secondary N) is 1. The van der Waals surface area contributed by atoms with E-state index in [9.17, 15) is 0 Å². The molecule has 1 aromatic carbocycles. The fraction of sp³-hybridized carbons (Fsp3) is 0.200. The molecule has 1 aromatic rings. The Morgan fingerprint density at radius 2 is 2.29 bits per heavy atom. The molecular weight excluding hydrogens is 242 g/mol. The first kappa shape index (κ1) is 9.40. The third-order valence-corrected chi connectivity index (χ3v) is 2.90. The van der Waals surface area contributed by atoms with E-state index in [-0.39, 0.29) is 0 Å². The lowest BCUT2D eigenvalue weighted by Gasteiger charge is -2.30. The Balaban J connectivity index is 2.59. The van der Waals surface area contributed by atoms with E-state index in [2.05, 4.69) is 33.3 Å². The van der Waals surface area contributed by atoms with Crippen molar-refractivity contribution in [1.29, 1.82) is 0 Å². The Hall–Kier alpha value is -1.16. The van der Waals surface area contributed by atoms with Gasteiger partial charge in [0.1, 0.15) is 0 Å². The summed E-state index contributed by atoms with van der Waals surface area (Å²) in [4.78, 5) is 0. The number of nitrogens with two attached hydrogens (primary N) is 1. The zero-order valence-corrected chi connectivity index (χ0v) is 9.51. The van der Waals surface area contributed by atoms with Crippen molar-refractivity contribution >= 4 is 27.3 Å². The highest BCUT2D eigenvalue weighted by Gasteiger charge is 2.17. The molecular formula is C10H12BrN3. The van der Waals surface area contributed by atoms with Crippen LogP contribution in [0.4, 0.5) is 5.69 Å². The highest BCUT2D eigenvalue weighted by atomic mass is 79.9. The van der Waals surface area contributed by atoms with Gasteiger partial charge in [-0.05, 0) is 28.9 Å². The van der Waals surface area contributed by atoms with Gasteiger partial charge in [-0.1, -0.05) is 12.1 Å². The molecule has 0 aliphatic carbocycles. The minimum atomic E-state index is 0.769. The lowest BCUT2D eigenvalue weighted by Crippen LogP contribution is -2.38. The number of hydrogen-bond donors (Lipinski definition) is 2. The Labute approximate surface area is 91.7 Å². The van der Waals surface area contributed by atoms with Crippen LogP contribution >= 0.6 is 15.9 Å². The first-order chi connectivity index (χ1) is 6.74. The second-order valence-electron chi connectivity index (χ2n) is 3.11. The second-order valence-corrected chi connectivity index (χ2v) is 3.96. The molecule has 0 bridgehead atoms. The van der Waals surface area contributed by atoms with E-state index in [0.29, 0.717) is 0 Å². The first-order valence-electron chi connectivity index (χ1n) is 4.52. The van der Waals surface area contributed by atoms with Gasteiger partial charge >= 0.3 is 0 Å². The smallest absolute Gasteiger partial charge is 0.0807 e. The van der Waals surface area contributed by atoms with Crippen LogP contribution in [0.3, 0.4) is 0 Å². The Morgan fingerprint density at radius 1 is 1.50 bits per heavy atom. The van der Waals surface area contributed by atoms with Gasteiger partial charge in [-0.2, -0.15) is 0 Å². The monoisotopic (exact) mass is 253 g/mol. The van der Waals surface area contributed by atoms with Crippen LogP contribution in [0.5, 0.6) is 0 Å². The molecule has 0 saturated heterocycles. The van der Waals surface area contributed by atoms with Gasteiger partial charge in [0.2, 0.25) is 0 Å². The van der Waals surface area contributed by atoms with Gasteiger partial charge in [-0.3, -0.25) is 5.01 Å². The summed E-state index contributed by atoms with van der Waals surface area (Å²) in [5.41, 5.74) is 12.0. The molecule has 0 unspecified atom stereocenters. The molecule has 1 aliphatic heterocycles. The van der Waals surface area contributed by atoms with Crippen molar-refractivity contribution < 1.29 is 0 Å². The normalized spacial score (nSPS) is 14.4. The number of hydrazine groups is 1. The Morgan fingerprint density at radius 3 is 3.00 bits per heavy atom. The molecule has 0 atom stereocenters. The van der Waals surface area contributed by atoms with Crippen LogP contribution in [0.1, 0.15) is 12.5 Å². The number of hydrogen-bond acceptors (Lipinski definition) is 3. The highest BCUT2D eigenvalue weighted by molar-refractivity contribution is 9.10. The van der Waals surface area contributed by atoms with Crippen LogP contribution in [0.15, 0.2) is 28.9 Å². The van der Waals surface area contributed by atoms with Crippen molar-refractivity contribution in [2.75, 3.05) is 11.6 Å². The maximum atomic E-state index is 5.88. The van der Waals surface area contributed by atoms with Crippen LogP contribution in [0.2, 0.25) is 0 Å². The zero-order chi connectivity index (χ0) is 10.1. The van der Waals surface area contributed by atoms with Crippen LogP contribution in [0, 0.1) is 0 Å². The maximum absolute atomic E-state index is 5.88. The molecule has 0 saturated carbocycles. The average molecular weight is 254 g/mol. The van der Waals surface area contributed by atoms with Crippen molar-refractivity contribution in [2.45, 2.75) is 6.92 Å². The van der Waals surface area contributed by atoms with E-state index in [1.54, 1.807) is 0 Å². The van der Waals surface area contributed by atoms with E-state index in [1.165, 1.54) is 0 Å². The van der Waals surface area contributed by atoms with Gasteiger partial charge in [0.25, 0.3) is 0 Å². The molecule has 1 heterocycles. The van der Waals surface area contributed by atoms with Crippen LogP contribution < -0.4 is 16.2 Å². The van der Waals surface area contributed by atoms with E-state index in [4.69, 9.17) is 5.73 Å². The molecule has 2 rings (SSSR count). The number of anilines is 1. The van der Waals surface area contributed by atoms with Crippen LogP contribution in [-0.2, 0) is 0 Å². The van der Waals surface area contributed by atoms with E-state index in [1.807, 2.05) is 24.4 Å². The summed E-state index contributed by atoms with van der Waals surface area (Å²) < 4.78 is 1.06. The van der Waals surface area contributed by atoms with Gasteiger partial charge in [-0.15, -0.1) is 0 Å². The largest absolute Gasteiger partial charge is 0.397 e. The molecule has 0 amide bonds. The van der Waals surface area contributed by atoms with Crippen LogP contribution in [-0.4, -0.2) is 6.54 Å². The molecule has 0 spiro atoms. The minimum Gasteiger partial charge on any atom is -0.397 e. The van der Waals surface area contributed by atoms with E-state index >= 15 is 0 Å². The number of benzene rings is 1. The van der Waals surface area contributed by atoms with Gasteiger partial charge in [0.05, 0.1) is 11.4 Å². The Kier molecular flexibility index (Phi) is 2.37. The summed E-state index contributed by atoms with van der Waals surface area (Å²) in [7, 11) is 0. The second kappa shape index (κ2) is 3.53. The van der Waals surface area contributed by atoms with E-state index < -0.39 is 0 Å². The van der Waals surface area contributed by atoms with Gasteiger partial charge in [0.15, 0.2) is 0 Å². The topological polar surface area (TPSA) is 41.3 Å². The van der Waals surface area contributed by atoms with Crippen LogP contribution in [0.25, 0.3) is 5.70 Å². The molecule has 0 radical (unpaired) electrons. The van der Waals surface area contributed by atoms with Crippen molar-refractivity contribution in [2.24, 2.45) is 5.73 Å². The van der Waals surface area contributed by atoms with Gasteiger partial charge < -0.3 is 11.2 Å². The fourth-order valence-electron chi connectivity index (χ4n) is 1.56. The first-order valence-corrected chi connectivity index (χ1v) is 5.31. The number of para-hydroxylation sites is 1. The molecule has 4 heteroatoms. The lowest BCUT2D eigenvalue weighted by atomic mass is 10.1. The highest BCUT2D eigenvalue weighted by Crippen LogP contribution is 2.33. The summed E-state index contributed by atoms with van der Waals surface area (Å²) in [6, 6.07) is 6.03. The van der Waals surface area contributed by atoms with Crippen molar-refractivity contribution in [3.63, 3.8) is 0 Å². The quantitative estimate of drug-likeness (QED) is 0.805. The summed E-state index contributed by atoms with van der Waals surface area (Å²) in [6.07, 6.45) is 1.82. The SMILES string of the molecule is CCN1NC=C(N)c2cccc(Br)c21. The Bertz CT molecular complexity index is 387. The third kappa shape index (κ3) is 1.35. The summed E-state index contributed by atoms with van der Waals surface area (Å²) in [6.45, 7) is 2.98. The van der Waals surface area contributed by atoms with E-state index in [0.717, 1.165) is 28.0 Å². The molecule has 14 heavy (non-hydrogen) atoms. The fourth-order valence-corrected chi connectivity index (χ4v) is 2.14. The van der Waals surface area contributed by atoms with Gasteiger partial charge in [-0.25, -0.2) is 0 Å². The number of nitrogens with zero attached hydrogens (tertiary/aromatic N) is 1. The van der Waals surface area contributed by atoms with Crippen molar-refractivity contribution in [1.82, 2.24) is 5.43 Å². The molecule has 74 valence electrons. The molecule has 3 nitrogen and oxygen atoms in total. The number of fused-ring (bicyclic) bond motifs is 1. The minimum absolute atomic E-state index is 0.769. The van der Waals surface area contributed by atoms with Crippen molar-refractivity contribution in [3.05, 3.63) is 34.4 Å². The number of halogens is 1. The molecule has 0 aromatic heterocycles. The van der Waals surface area contributed by atoms with Gasteiger partial charge in [0, 0.05) is 22.8 Å². The predicted octanol–water partition coefficient (Wildman–Crippen LogP) is 2.05. The number of rotatable bonds is 1. The summed E-state index contributed by atoms with van der Waals surface area (Å²) >= 11 is 3.53. The predicted molar refractivity (Wildman–Crippen MR) is 62.5 cm³/mol.